The number of halogens is 2. The van der Waals surface area contributed by atoms with Crippen LogP contribution < -0.4 is 5.32 Å². The van der Waals surface area contributed by atoms with Gasteiger partial charge in [-0.15, -0.1) is 0 Å². The third-order valence-corrected chi connectivity index (χ3v) is 8.69. The zero-order chi connectivity index (χ0) is 25.5. The highest BCUT2D eigenvalue weighted by Gasteiger charge is 2.34. The van der Waals surface area contributed by atoms with Crippen LogP contribution in [0.2, 0.25) is 0 Å². The van der Waals surface area contributed by atoms with Gasteiger partial charge in [0.2, 0.25) is 0 Å². The average molecular weight is 508 g/mol. The molecule has 1 saturated carbocycles. The van der Waals surface area contributed by atoms with Gasteiger partial charge in [-0.2, -0.15) is 0 Å². The maximum atomic E-state index is 15.5. The Morgan fingerprint density at radius 3 is 2.59 bits per heavy atom. The number of nitrogens with zero attached hydrogens (tertiary/aromatic N) is 2. The molecule has 3 aliphatic rings. The number of carbonyl (C=O) groups is 1. The molecule has 3 aromatic rings. The first-order valence-electron chi connectivity index (χ1n) is 13.8. The van der Waals surface area contributed by atoms with E-state index in [1.54, 1.807) is 18.2 Å². The molecule has 2 aliphatic heterocycles. The lowest BCUT2D eigenvalue weighted by Gasteiger charge is -2.30. The van der Waals surface area contributed by atoms with Gasteiger partial charge in [0, 0.05) is 47.2 Å². The molecule has 2 unspecified atom stereocenters. The Balaban J connectivity index is 1.50. The Kier molecular flexibility index (Phi) is 6.65. The van der Waals surface area contributed by atoms with Gasteiger partial charge in [-0.05, 0) is 87.5 Å². The predicted molar refractivity (Wildman–Crippen MR) is 143 cm³/mol. The maximum Gasteiger partial charge on any atom is 0.335 e. The monoisotopic (exact) mass is 507 g/mol. The van der Waals surface area contributed by atoms with Gasteiger partial charge in [0.15, 0.2) is 0 Å². The summed E-state index contributed by atoms with van der Waals surface area (Å²) in [5.41, 5.74) is 4.52. The highest BCUT2D eigenvalue weighted by Crippen LogP contribution is 2.47. The molecule has 2 N–H and O–H groups in total. The highest BCUT2D eigenvalue weighted by atomic mass is 19.1. The van der Waals surface area contributed by atoms with E-state index < -0.39 is 12.1 Å². The molecule has 3 atom stereocenters. The first-order chi connectivity index (χ1) is 18.0. The summed E-state index contributed by atoms with van der Waals surface area (Å²) in [5, 5.41) is 14.3. The van der Waals surface area contributed by atoms with E-state index in [0.29, 0.717) is 13.0 Å². The minimum absolute atomic E-state index is 0.154. The zero-order valence-electron chi connectivity index (χ0n) is 21.2. The SMILES string of the molecule is O=C(O)c1ccc2c(C3CCCC[C@@H]3F)c3n(c2c1)CCC(CCN1CCCC1)Nc1cc(F)ccc1-3. The number of benzene rings is 2. The van der Waals surface area contributed by atoms with E-state index in [4.69, 9.17) is 0 Å². The fourth-order valence-corrected chi connectivity index (χ4v) is 6.80. The second-order valence-corrected chi connectivity index (χ2v) is 11.0. The van der Waals surface area contributed by atoms with Crippen molar-refractivity contribution in [1.82, 2.24) is 9.47 Å². The van der Waals surface area contributed by atoms with Crippen molar-refractivity contribution < 1.29 is 18.7 Å². The summed E-state index contributed by atoms with van der Waals surface area (Å²) in [4.78, 5) is 14.4. The normalized spacial score (nSPS) is 24.2. The molecule has 7 heteroatoms. The van der Waals surface area contributed by atoms with Gasteiger partial charge in [0.05, 0.1) is 11.3 Å². The molecule has 1 aromatic heterocycles. The first-order valence-corrected chi connectivity index (χ1v) is 13.8. The first kappa shape index (κ1) is 24.4. The van der Waals surface area contributed by atoms with Crippen LogP contribution in [-0.4, -0.2) is 52.4 Å². The molecular formula is C30H35F2N3O2. The molecule has 2 aromatic carbocycles. The molecule has 1 aliphatic carbocycles. The number of likely N-dealkylation sites (tertiary alicyclic amines) is 1. The van der Waals surface area contributed by atoms with Gasteiger partial charge in [-0.1, -0.05) is 18.9 Å². The second-order valence-electron chi connectivity index (χ2n) is 11.0. The van der Waals surface area contributed by atoms with Crippen molar-refractivity contribution in [2.24, 2.45) is 0 Å². The smallest absolute Gasteiger partial charge is 0.335 e. The van der Waals surface area contributed by atoms with Crippen LogP contribution in [0.1, 0.15) is 73.2 Å². The van der Waals surface area contributed by atoms with Crippen LogP contribution in [0.3, 0.4) is 0 Å². The number of aromatic carboxylic acids is 1. The van der Waals surface area contributed by atoms with Gasteiger partial charge in [-0.3, -0.25) is 0 Å². The number of aryl methyl sites for hydroxylation is 1. The molecule has 5 nitrogen and oxygen atoms in total. The number of carboxylic acids is 1. The van der Waals surface area contributed by atoms with E-state index in [0.717, 1.165) is 85.1 Å². The van der Waals surface area contributed by atoms with Crippen molar-refractivity contribution in [3.05, 3.63) is 53.3 Å². The van der Waals surface area contributed by atoms with Crippen LogP contribution in [0, 0.1) is 5.82 Å². The van der Waals surface area contributed by atoms with Gasteiger partial charge in [0.1, 0.15) is 12.0 Å². The summed E-state index contributed by atoms with van der Waals surface area (Å²) < 4.78 is 32.2. The lowest BCUT2D eigenvalue weighted by Crippen LogP contribution is -2.30. The molecule has 2 fully saturated rings. The number of hydrogen-bond acceptors (Lipinski definition) is 3. The number of hydrogen-bond donors (Lipinski definition) is 2. The number of rotatable bonds is 5. The minimum atomic E-state index is -0.974. The van der Waals surface area contributed by atoms with Gasteiger partial charge in [0.25, 0.3) is 0 Å². The maximum absolute atomic E-state index is 15.5. The highest BCUT2D eigenvalue weighted by molar-refractivity contribution is 5.99. The summed E-state index contributed by atoms with van der Waals surface area (Å²) in [6.45, 7) is 3.96. The molecule has 196 valence electrons. The molecule has 3 heterocycles. The van der Waals surface area contributed by atoms with Crippen LogP contribution in [0.5, 0.6) is 0 Å². The topological polar surface area (TPSA) is 57.5 Å². The molecule has 0 bridgehead atoms. The van der Waals surface area contributed by atoms with Crippen LogP contribution in [0.4, 0.5) is 14.5 Å². The van der Waals surface area contributed by atoms with Crippen molar-refractivity contribution in [3.8, 4) is 11.3 Å². The fourth-order valence-electron chi connectivity index (χ4n) is 6.80. The summed E-state index contributed by atoms with van der Waals surface area (Å²) in [5.74, 6) is -1.53. The van der Waals surface area contributed by atoms with Crippen molar-refractivity contribution in [3.63, 3.8) is 0 Å². The quantitative estimate of drug-likeness (QED) is 0.398. The Morgan fingerprint density at radius 2 is 1.81 bits per heavy atom. The minimum Gasteiger partial charge on any atom is -0.478 e. The van der Waals surface area contributed by atoms with E-state index in [-0.39, 0.29) is 23.3 Å². The van der Waals surface area contributed by atoms with Crippen molar-refractivity contribution in [2.45, 2.75) is 76.0 Å². The van der Waals surface area contributed by atoms with E-state index in [2.05, 4.69) is 14.8 Å². The Labute approximate surface area is 216 Å². The zero-order valence-corrected chi connectivity index (χ0v) is 21.2. The van der Waals surface area contributed by atoms with E-state index in [1.165, 1.54) is 18.9 Å². The van der Waals surface area contributed by atoms with Crippen molar-refractivity contribution in [1.29, 1.82) is 0 Å². The lowest BCUT2D eigenvalue weighted by atomic mass is 9.80. The standard InChI is InChI=1S/C30H35F2N3O2/c31-20-8-10-23-26(18-20)33-21(11-15-34-13-3-4-14-34)12-16-35-27-17-19(30(36)37)7-9-24(27)28(29(23)35)22-5-1-2-6-25(22)32/h7-10,17-18,21-22,25,33H,1-6,11-16H2,(H,36,37)/t21?,22?,25-/m0/s1. The van der Waals surface area contributed by atoms with Gasteiger partial charge >= 0.3 is 5.97 Å². The Morgan fingerprint density at radius 1 is 1.00 bits per heavy atom. The summed E-state index contributed by atoms with van der Waals surface area (Å²) in [6.07, 6.45) is 6.47. The number of aromatic nitrogens is 1. The van der Waals surface area contributed by atoms with Crippen LogP contribution in [0.15, 0.2) is 36.4 Å². The molecular weight excluding hydrogens is 472 g/mol. The Bertz CT molecular complexity index is 1310. The van der Waals surface area contributed by atoms with Crippen molar-refractivity contribution in [2.75, 3.05) is 25.0 Å². The third-order valence-electron chi connectivity index (χ3n) is 8.69. The summed E-state index contributed by atoms with van der Waals surface area (Å²) in [7, 11) is 0. The van der Waals surface area contributed by atoms with E-state index in [9.17, 15) is 14.3 Å². The fraction of sp³-hybridized carbons (Fsp3) is 0.500. The van der Waals surface area contributed by atoms with Crippen molar-refractivity contribution >= 4 is 22.6 Å². The summed E-state index contributed by atoms with van der Waals surface area (Å²) >= 11 is 0. The number of carboxylic acid groups (broad SMARTS) is 1. The largest absolute Gasteiger partial charge is 0.478 e. The second kappa shape index (κ2) is 10.1. The number of alkyl halides is 1. The summed E-state index contributed by atoms with van der Waals surface area (Å²) in [6, 6.07) is 10.2. The van der Waals surface area contributed by atoms with Gasteiger partial charge < -0.3 is 19.9 Å². The molecule has 1 saturated heterocycles. The van der Waals surface area contributed by atoms with E-state index >= 15 is 4.39 Å². The predicted octanol–water partition coefficient (Wildman–Crippen LogP) is 6.81. The van der Waals surface area contributed by atoms with Gasteiger partial charge in [-0.25, -0.2) is 13.6 Å². The number of anilines is 1. The third kappa shape index (κ3) is 4.63. The number of fused-ring (bicyclic) bond motifs is 5. The van der Waals surface area contributed by atoms with Crippen LogP contribution in [0.25, 0.3) is 22.2 Å². The molecule has 0 radical (unpaired) electrons. The molecule has 37 heavy (non-hydrogen) atoms. The Hall–Kier alpha value is -2.93. The molecule has 0 amide bonds. The van der Waals surface area contributed by atoms with E-state index in [1.807, 2.05) is 12.1 Å². The molecule has 0 spiro atoms. The lowest BCUT2D eigenvalue weighted by molar-refractivity contribution is 0.0697. The van der Waals surface area contributed by atoms with Crippen LogP contribution >= 0.6 is 0 Å². The van der Waals surface area contributed by atoms with Crippen LogP contribution in [-0.2, 0) is 6.54 Å². The molecule has 6 rings (SSSR count). The average Bonchev–Trinajstić information content (AvgIpc) is 3.50. The number of nitrogens with one attached hydrogen (secondary N) is 1.